The lowest BCUT2D eigenvalue weighted by atomic mass is 10.2. The average Bonchev–Trinajstić information content (AvgIpc) is 2.61. The van der Waals surface area contributed by atoms with Gasteiger partial charge in [0.2, 0.25) is 0 Å². The minimum atomic E-state index is 0.656. The van der Waals surface area contributed by atoms with Crippen molar-refractivity contribution in [3.63, 3.8) is 0 Å². The number of hydrogen-bond acceptors (Lipinski definition) is 4. The SMILES string of the molecule is C/C(C=O)=C/C=C/C=C(/C)C=O.C/C(C=O)=C/C=C/C=C(\C)C=O. The van der Waals surface area contributed by atoms with E-state index in [1.54, 1.807) is 76.3 Å². The quantitative estimate of drug-likeness (QED) is 0.387. The summed E-state index contributed by atoms with van der Waals surface area (Å²) in [6, 6.07) is 0. The molecule has 0 heterocycles. The molecule has 0 fully saturated rings. The van der Waals surface area contributed by atoms with Crippen LogP contribution in [0.15, 0.2) is 70.9 Å². The molecule has 0 aromatic heterocycles. The van der Waals surface area contributed by atoms with Gasteiger partial charge in [-0.2, -0.15) is 0 Å². The van der Waals surface area contributed by atoms with Crippen LogP contribution in [0.3, 0.4) is 0 Å². The molecular formula is C20H24O4. The molecule has 0 saturated heterocycles. The Hall–Kier alpha value is -2.88. The minimum absolute atomic E-state index is 0.656. The van der Waals surface area contributed by atoms with Gasteiger partial charge in [0.1, 0.15) is 25.1 Å². The van der Waals surface area contributed by atoms with Gasteiger partial charge in [0.05, 0.1) is 0 Å². The Morgan fingerprint density at radius 1 is 0.417 bits per heavy atom. The third-order valence-corrected chi connectivity index (χ3v) is 2.40. The van der Waals surface area contributed by atoms with Crippen molar-refractivity contribution >= 4 is 25.1 Å². The van der Waals surface area contributed by atoms with E-state index in [2.05, 4.69) is 0 Å². The summed E-state index contributed by atoms with van der Waals surface area (Å²) in [5.74, 6) is 0. The van der Waals surface area contributed by atoms with Crippen LogP contribution in [0.4, 0.5) is 0 Å². The molecule has 0 spiro atoms. The van der Waals surface area contributed by atoms with Crippen molar-refractivity contribution in [2.45, 2.75) is 27.7 Å². The fourth-order valence-corrected chi connectivity index (χ4v) is 0.986. The third-order valence-electron chi connectivity index (χ3n) is 2.40. The molecule has 0 aliphatic carbocycles. The first-order valence-corrected chi connectivity index (χ1v) is 7.25. The van der Waals surface area contributed by atoms with Crippen LogP contribution < -0.4 is 0 Å². The molecule has 0 atom stereocenters. The maximum absolute atomic E-state index is 10.1. The summed E-state index contributed by atoms with van der Waals surface area (Å²) in [7, 11) is 0. The lowest BCUT2D eigenvalue weighted by Gasteiger charge is -1.81. The molecule has 0 aromatic carbocycles. The number of carbonyl (C=O) groups excluding carboxylic acids is 4. The van der Waals surface area contributed by atoms with Gasteiger partial charge in [-0.15, -0.1) is 0 Å². The molecule has 128 valence electrons. The van der Waals surface area contributed by atoms with E-state index in [0.717, 1.165) is 25.1 Å². The van der Waals surface area contributed by atoms with Crippen LogP contribution in [0.1, 0.15) is 27.7 Å². The average molecular weight is 328 g/mol. The van der Waals surface area contributed by atoms with Gasteiger partial charge >= 0.3 is 0 Å². The topological polar surface area (TPSA) is 68.3 Å². The van der Waals surface area contributed by atoms with E-state index in [1.807, 2.05) is 0 Å². The predicted octanol–water partition coefficient (Wildman–Crippen LogP) is 3.67. The molecular weight excluding hydrogens is 304 g/mol. The van der Waals surface area contributed by atoms with Crippen molar-refractivity contribution in [2.24, 2.45) is 0 Å². The molecule has 0 aliphatic heterocycles. The molecule has 0 N–H and O–H groups in total. The first-order chi connectivity index (χ1) is 11.4. The van der Waals surface area contributed by atoms with E-state index in [0.29, 0.717) is 22.3 Å². The van der Waals surface area contributed by atoms with Gasteiger partial charge in [0.25, 0.3) is 0 Å². The van der Waals surface area contributed by atoms with Gasteiger partial charge in [-0.3, -0.25) is 19.2 Å². The molecule has 0 radical (unpaired) electrons. The minimum Gasteiger partial charge on any atom is -0.298 e. The highest BCUT2D eigenvalue weighted by Gasteiger charge is 1.80. The first-order valence-electron chi connectivity index (χ1n) is 7.25. The molecule has 24 heavy (non-hydrogen) atoms. The summed E-state index contributed by atoms with van der Waals surface area (Å²) in [5.41, 5.74) is 2.62. The predicted molar refractivity (Wildman–Crippen MR) is 97.6 cm³/mol. The number of allylic oxidation sites excluding steroid dienone is 12. The zero-order valence-corrected chi connectivity index (χ0v) is 14.6. The van der Waals surface area contributed by atoms with Crippen LogP contribution in [0.5, 0.6) is 0 Å². The highest BCUT2D eigenvalue weighted by molar-refractivity contribution is 5.74. The van der Waals surface area contributed by atoms with Crippen molar-refractivity contribution in [1.82, 2.24) is 0 Å². The van der Waals surface area contributed by atoms with Gasteiger partial charge in [-0.25, -0.2) is 0 Å². The molecule has 0 amide bonds. The van der Waals surface area contributed by atoms with Crippen molar-refractivity contribution in [2.75, 3.05) is 0 Å². The second-order valence-corrected chi connectivity index (χ2v) is 4.88. The number of hydrogen-bond donors (Lipinski definition) is 0. The van der Waals surface area contributed by atoms with Crippen LogP contribution >= 0.6 is 0 Å². The molecule has 0 aliphatic rings. The molecule has 0 saturated carbocycles. The van der Waals surface area contributed by atoms with Gasteiger partial charge in [-0.05, 0) is 50.0 Å². The van der Waals surface area contributed by atoms with Crippen molar-refractivity contribution in [3.05, 3.63) is 70.9 Å². The Morgan fingerprint density at radius 2 is 0.583 bits per heavy atom. The van der Waals surface area contributed by atoms with Crippen LogP contribution in [-0.2, 0) is 19.2 Å². The van der Waals surface area contributed by atoms with Gasteiger partial charge in [0.15, 0.2) is 0 Å². The summed E-state index contributed by atoms with van der Waals surface area (Å²) < 4.78 is 0. The van der Waals surface area contributed by atoms with Gasteiger partial charge < -0.3 is 0 Å². The summed E-state index contributed by atoms with van der Waals surface area (Å²) in [6.07, 6.45) is 16.7. The number of rotatable bonds is 8. The second-order valence-electron chi connectivity index (χ2n) is 4.88. The Morgan fingerprint density at radius 3 is 0.708 bits per heavy atom. The zero-order valence-electron chi connectivity index (χ0n) is 14.6. The highest BCUT2D eigenvalue weighted by atomic mass is 16.1. The van der Waals surface area contributed by atoms with Gasteiger partial charge in [0, 0.05) is 0 Å². The largest absolute Gasteiger partial charge is 0.298 e. The monoisotopic (exact) mass is 328 g/mol. The molecule has 0 aromatic rings. The Balaban J connectivity index is 0. The standard InChI is InChI=1S/2C10H12O2/c2*1-9(7-11)5-3-4-6-10(2)8-12/h2*3-8H,1-2H3/b4-3+,9-5-,10-6+;4-3+,9-5-,10-6-. The van der Waals surface area contributed by atoms with E-state index in [9.17, 15) is 19.2 Å². The van der Waals surface area contributed by atoms with E-state index in [-0.39, 0.29) is 0 Å². The fourth-order valence-electron chi connectivity index (χ4n) is 0.986. The van der Waals surface area contributed by atoms with Crippen molar-refractivity contribution < 1.29 is 19.2 Å². The smallest absolute Gasteiger partial charge is 0.145 e. The maximum Gasteiger partial charge on any atom is 0.145 e. The maximum atomic E-state index is 10.1. The number of aldehydes is 4. The fraction of sp³-hybridized carbons (Fsp3) is 0.200. The Kier molecular flexibility index (Phi) is 16.1. The normalized spacial score (nSPS) is 13.5. The van der Waals surface area contributed by atoms with E-state index < -0.39 is 0 Å². The summed E-state index contributed by atoms with van der Waals surface area (Å²) in [5, 5.41) is 0. The van der Waals surface area contributed by atoms with Gasteiger partial charge in [-0.1, -0.05) is 48.6 Å². The van der Waals surface area contributed by atoms with Crippen LogP contribution in [-0.4, -0.2) is 25.1 Å². The van der Waals surface area contributed by atoms with E-state index >= 15 is 0 Å². The first kappa shape index (κ1) is 23.4. The van der Waals surface area contributed by atoms with Crippen LogP contribution in [0.2, 0.25) is 0 Å². The summed E-state index contributed by atoms with van der Waals surface area (Å²) in [6.45, 7) is 6.86. The van der Waals surface area contributed by atoms with Crippen molar-refractivity contribution in [1.29, 1.82) is 0 Å². The molecule has 4 heteroatoms. The third kappa shape index (κ3) is 17.2. The van der Waals surface area contributed by atoms with Crippen molar-refractivity contribution in [3.8, 4) is 0 Å². The Bertz CT molecular complexity index is 491. The lowest BCUT2D eigenvalue weighted by Crippen LogP contribution is -1.73. The summed E-state index contributed by atoms with van der Waals surface area (Å²) >= 11 is 0. The highest BCUT2D eigenvalue weighted by Crippen LogP contribution is 1.91. The second kappa shape index (κ2) is 16.5. The molecule has 4 nitrogen and oxygen atoms in total. The molecule has 0 bridgehead atoms. The van der Waals surface area contributed by atoms with E-state index in [4.69, 9.17) is 0 Å². The van der Waals surface area contributed by atoms with E-state index in [1.165, 1.54) is 0 Å². The number of carbonyl (C=O) groups is 4. The zero-order chi connectivity index (χ0) is 18.8. The molecule has 0 rings (SSSR count). The summed E-state index contributed by atoms with van der Waals surface area (Å²) in [4.78, 5) is 40.5. The Labute approximate surface area is 143 Å². The molecule has 0 unspecified atom stereocenters. The lowest BCUT2D eigenvalue weighted by molar-refractivity contribution is -0.105. The van der Waals surface area contributed by atoms with Crippen LogP contribution in [0.25, 0.3) is 0 Å². The van der Waals surface area contributed by atoms with Crippen LogP contribution in [0, 0.1) is 0 Å².